The van der Waals surface area contributed by atoms with E-state index in [-0.39, 0.29) is 5.91 Å². The number of nitrogens with one attached hydrogen (secondary N) is 1. The number of hydrogen-bond acceptors (Lipinski definition) is 4. The van der Waals surface area contributed by atoms with Crippen LogP contribution in [0.2, 0.25) is 0 Å². The molecule has 2 aromatic heterocycles. The summed E-state index contributed by atoms with van der Waals surface area (Å²) in [6.07, 6.45) is 6.31. The first-order valence-corrected chi connectivity index (χ1v) is 9.85. The maximum Gasteiger partial charge on any atom is 0.257 e. The largest absolute Gasteiger partial charge is 0.298 e. The molecule has 6 heteroatoms. The zero-order valence-electron chi connectivity index (χ0n) is 15.5. The topological polar surface area (TPSA) is 59.8 Å². The van der Waals surface area contributed by atoms with Crippen molar-refractivity contribution in [1.29, 1.82) is 0 Å². The van der Waals surface area contributed by atoms with Crippen molar-refractivity contribution >= 4 is 22.4 Å². The third kappa shape index (κ3) is 4.53. The van der Waals surface area contributed by atoms with Gasteiger partial charge in [0, 0.05) is 35.5 Å². The number of rotatable bonds is 6. The van der Waals surface area contributed by atoms with Crippen molar-refractivity contribution in [1.82, 2.24) is 14.8 Å². The Morgan fingerprint density at radius 1 is 1.07 bits per heavy atom. The summed E-state index contributed by atoms with van der Waals surface area (Å²) in [6, 6.07) is 17.9. The van der Waals surface area contributed by atoms with Gasteiger partial charge in [0.15, 0.2) is 5.13 Å². The standard InChI is InChI=1S/C22H20N4OS/c1-16-3-5-17(6-4-16)13-20-14-23-22(28-20)25-21(27)19-9-7-18(8-10-19)15-26-12-2-11-24-26/h2-12,14H,13,15H2,1H3,(H,23,25,27). The lowest BCUT2D eigenvalue weighted by molar-refractivity contribution is 0.102. The van der Waals surface area contributed by atoms with Crippen LogP contribution in [-0.4, -0.2) is 20.7 Å². The van der Waals surface area contributed by atoms with Crippen LogP contribution in [0.4, 0.5) is 5.13 Å². The minimum Gasteiger partial charge on any atom is -0.298 e. The summed E-state index contributed by atoms with van der Waals surface area (Å²) in [5.74, 6) is -0.151. The lowest BCUT2D eigenvalue weighted by Gasteiger charge is -2.05. The van der Waals surface area contributed by atoms with Crippen LogP contribution in [0, 0.1) is 6.92 Å². The highest BCUT2D eigenvalue weighted by atomic mass is 32.1. The fourth-order valence-electron chi connectivity index (χ4n) is 2.87. The van der Waals surface area contributed by atoms with E-state index in [4.69, 9.17) is 0 Å². The van der Waals surface area contributed by atoms with Crippen molar-refractivity contribution in [2.24, 2.45) is 0 Å². The summed E-state index contributed by atoms with van der Waals surface area (Å²) in [5.41, 5.74) is 4.19. The molecule has 1 N–H and O–H groups in total. The van der Waals surface area contributed by atoms with Gasteiger partial charge in [-0.2, -0.15) is 5.10 Å². The average molecular weight is 388 g/mol. The van der Waals surface area contributed by atoms with Crippen LogP contribution in [0.1, 0.15) is 31.9 Å². The van der Waals surface area contributed by atoms with E-state index in [1.807, 2.05) is 47.4 Å². The molecule has 0 spiro atoms. The van der Waals surface area contributed by atoms with Crippen LogP contribution in [0.5, 0.6) is 0 Å². The molecule has 0 fully saturated rings. The van der Waals surface area contributed by atoms with Crippen LogP contribution in [0.25, 0.3) is 0 Å². The van der Waals surface area contributed by atoms with Crippen molar-refractivity contribution < 1.29 is 4.79 Å². The highest BCUT2D eigenvalue weighted by molar-refractivity contribution is 7.15. The number of carbonyl (C=O) groups is 1. The first kappa shape index (κ1) is 18.1. The van der Waals surface area contributed by atoms with Gasteiger partial charge in [0.2, 0.25) is 0 Å². The van der Waals surface area contributed by atoms with Crippen LogP contribution in [-0.2, 0) is 13.0 Å². The van der Waals surface area contributed by atoms with Crippen LogP contribution in [0.15, 0.2) is 73.2 Å². The summed E-state index contributed by atoms with van der Waals surface area (Å²) in [6.45, 7) is 2.76. The third-order valence-electron chi connectivity index (χ3n) is 4.39. The normalized spacial score (nSPS) is 10.8. The first-order chi connectivity index (χ1) is 13.7. The highest BCUT2D eigenvalue weighted by Crippen LogP contribution is 2.22. The lowest BCUT2D eigenvalue weighted by atomic mass is 10.1. The van der Waals surface area contributed by atoms with E-state index in [1.54, 1.807) is 6.20 Å². The highest BCUT2D eigenvalue weighted by Gasteiger charge is 2.10. The lowest BCUT2D eigenvalue weighted by Crippen LogP contribution is -2.11. The van der Waals surface area contributed by atoms with Gasteiger partial charge >= 0.3 is 0 Å². The molecule has 4 rings (SSSR count). The summed E-state index contributed by atoms with van der Waals surface area (Å²) >= 11 is 1.51. The van der Waals surface area contributed by atoms with Gasteiger partial charge < -0.3 is 0 Å². The molecular weight excluding hydrogens is 368 g/mol. The van der Waals surface area contributed by atoms with E-state index in [9.17, 15) is 4.79 Å². The molecule has 0 atom stereocenters. The van der Waals surface area contributed by atoms with E-state index >= 15 is 0 Å². The van der Waals surface area contributed by atoms with Crippen LogP contribution >= 0.6 is 11.3 Å². The second kappa shape index (κ2) is 8.19. The fourth-order valence-corrected chi connectivity index (χ4v) is 3.71. The zero-order valence-corrected chi connectivity index (χ0v) is 16.3. The Kier molecular flexibility index (Phi) is 5.30. The number of hydrogen-bond donors (Lipinski definition) is 1. The molecule has 0 aliphatic heterocycles. The molecule has 4 aromatic rings. The predicted octanol–water partition coefficient (Wildman–Crippen LogP) is 4.54. The molecule has 0 saturated carbocycles. The number of aryl methyl sites for hydroxylation is 1. The number of nitrogens with zero attached hydrogens (tertiary/aromatic N) is 3. The van der Waals surface area contributed by atoms with Crippen molar-refractivity contribution in [3.8, 4) is 0 Å². The Bertz CT molecular complexity index is 1050. The van der Waals surface area contributed by atoms with E-state index < -0.39 is 0 Å². The van der Waals surface area contributed by atoms with E-state index in [1.165, 1.54) is 22.5 Å². The maximum atomic E-state index is 12.5. The summed E-state index contributed by atoms with van der Waals surface area (Å²) in [7, 11) is 0. The molecule has 2 aromatic carbocycles. The van der Waals surface area contributed by atoms with Crippen LogP contribution in [0.3, 0.4) is 0 Å². The molecular formula is C22H20N4OS. The average Bonchev–Trinajstić information content (AvgIpc) is 3.36. The molecule has 0 radical (unpaired) electrons. The summed E-state index contributed by atoms with van der Waals surface area (Å²) in [4.78, 5) is 17.9. The fraction of sp³-hybridized carbons (Fsp3) is 0.136. The van der Waals surface area contributed by atoms with Crippen molar-refractivity contribution in [3.63, 3.8) is 0 Å². The minimum atomic E-state index is -0.151. The monoisotopic (exact) mass is 388 g/mol. The Hall–Kier alpha value is -3.25. The summed E-state index contributed by atoms with van der Waals surface area (Å²) < 4.78 is 1.85. The molecule has 0 aliphatic rings. The molecule has 5 nitrogen and oxygen atoms in total. The minimum absolute atomic E-state index is 0.151. The van der Waals surface area contributed by atoms with Gasteiger partial charge in [-0.05, 0) is 36.2 Å². The first-order valence-electron chi connectivity index (χ1n) is 9.04. The van der Waals surface area contributed by atoms with E-state index in [2.05, 4.69) is 46.6 Å². The van der Waals surface area contributed by atoms with Gasteiger partial charge in [0.05, 0.1) is 6.54 Å². The number of benzene rings is 2. The number of carbonyl (C=O) groups excluding carboxylic acids is 1. The Labute approximate surface area is 167 Å². The molecule has 0 bridgehead atoms. The van der Waals surface area contributed by atoms with Gasteiger partial charge in [-0.15, -0.1) is 11.3 Å². The molecule has 0 aliphatic carbocycles. The maximum absolute atomic E-state index is 12.5. The smallest absolute Gasteiger partial charge is 0.257 e. The number of amides is 1. The second-order valence-corrected chi connectivity index (χ2v) is 7.76. The predicted molar refractivity (Wildman–Crippen MR) is 112 cm³/mol. The van der Waals surface area contributed by atoms with Crippen molar-refractivity contribution in [3.05, 3.63) is 100 Å². The second-order valence-electron chi connectivity index (χ2n) is 6.65. The number of thiazole rings is 1. The van der Waals surface area contributed by atoms with E-state index in [0.717, 1.165) is 16.9 Å². The van der Waals surface area contributed by atoms with Crippen molar-refractivity contribution in [2.45, 2.75) is 19.9 Å². The third-order valence-corrected chi connectivity index (χ3v) is 5.31. The van der Waals surface area contributed by atoms with Crippen molar-refractivity contribution in [2.75, 3.05) is 5.32 Å². The van der Waals surface area contributed by atoms with Crippen LogP contribution < -0.4 is 5.32 Å². The zero-order chi connectivity index (χ0) is 19.3. The molecule has 1 amide bonds. The molecule has 28 heavy (non-hydrogen) atoms. The number of anilines is 1. The van der Waals surface area contributed by atoms with Gasteiger partial charge in [-0.25, -0.2) is 4.98 Å². The van der Waals surface area contributed by atoms with E-state index in [0.29, 0.717) is 17.2 Å². The molecule has 2 heterocycles. The Morgan fingerprint density at radius 2 is 1.82 bits per heavy atom. The molecule has 140 valence electrons. The molecule has 0 saturated heterocycles. The number of aromatic nitrogens is 3. The van der Waals surface area contributed by atoms with Gasteiger partial charge in [-0.1, -0.05) is 42.0 Å². The molecule has 0 unspecified atom stereocenters. The Balaban J connectivity index is 1.37. The van der Waals surface area contributed by atoms with Gasteiger partial charge in [0.1, 0.15) is 0 Å². The van der Waals surface area contributed by atoms with Gasteiger partial charge in [0.25, 0.3) is 5.91 Å². The summed E-state index contributed by atoms with van der Waals surface area (Å²) in [5, 5.41) is 7.70. The quantitative estimate of drug-likeness (QED) is 0.527. The SMILES string of the molecule is Cc1ccc(Cc2cnc(NC(=O)c3ccc(Cn4cccn4)cc3)s2)cc1. The van der Waals surface area contributed by atoms with Gasteiger partial charge in [-0.3, -0.25) is 14.8 Å². The Morgan fingerprint density at radius 3 is 2.54 bits per heavy atom.